The molecule has 0 spiro atoms. The number of hydrazone groups is 1. The summed E-state index contributed by atoms with van der Waals surface area (Å²) in [6, 6.07) is 15.1. The molecular weight excluding hydrogens is 336 g/mol. The minimum absolute atomic E-state index is 0.227. The zero-order valence-electron chi connectivity index (χ0n) is 10.8. The maximum atomic E-state index is 11.8. The second-order valence-electron chi connectivity index (χ2n) is 3.98. The van der Waals surface area contributed by atoms with E-state index < -0.39 is 0 Å². The number of nitrogens with zero attached hydrogens (tertiary/aromatic N) is 1. The van der Waals surface area contributed by atoms with Crippen LogP contribution in [-0.4, -0.2) is 18.4 Å². The van der Waals surface area contributed by atoms with Gasteiger partial charge in [-0.25, -0.2) is 5.43 Å². The zero-order chi connectivity index (χ0) is 14.4. The predicted molar refractivity (Wildman–Crippen MR) is 87.4 cm³/mol. The van der Waals surface area contributed by atoms with Gasteiger partial charge in [0.2, 0.25) is 0 Å². The second-order valence-corrected chi connectivity index (χ2v) is 5.77. The van der Waals surface area contributed by atoms with E-state index in [4.69, 9.17) is 0 Å². The first-order valence-corrected chi connectivity index (χ1v) is 7.94. The first kappa shape index (κ1) is 14.8. The summed E-state index contributed by atoms with van der Waals surface area (Å²) in [5.74, 6) is -0.227. The van der Waals surface area contributed by atoms with Crippen molar-refractivity contribution in [1.82, 2.24) is 5.43 Å². The summed E-state index contributed by atoms with van der Waals surface area (Å²) in [5.41, 5.74) is 4.02. The molecule has 2 aromatic carbocycles. The van der Waals surface area contributed by atoms with Crippen LogP contribution in [0.4, 0.5) is 0 Å². The van der Waals surface area contributed by atoms with E-state index in [1.54, 1.807) is 30.1 Å². The molecule has 0 aromatic heterocycles. The van der Waals surface area contributed by atoms with Crippen molar-refractivity contribution in [2.24, 2.45) is 5.10 Å². The quantitative estimate of drug-likeness (QED) is 0.516. The Morgan fingerprint density at radius 3 is 2.40 bits per heavy atom. The molecule has 0 heterocycles. The Morgan fingerprint density at radius 1 is 1.15 bits per heavy atom. The molecule has 0 unspecified atom stereocenters. The number of hydrogen-bond donors (Lipinski definition) is 1. The van der Waals surface area contributed by atoms with Gasteiger partial charge in [-0.1, -0.05) is 28.1 Å². The number of amides is 1. The molecular formula is C15H13BrN2OS. The Morgan fingerprint density at radius 2 is 1.80 bits per heavy atom. The van der Waals surface area contributed by atoms with E-state index in [1.165, 1.54) is 4.90 Å². The highest BCUT2D eigenvalue weighted by atomic mass is 79.9. The fourth-order valence-electron chi connectivity index (χ4n) is 1.52. The standard InChI is InChI=1S/C15H13BrN2OS/c1-20-14-8-2-11(3-9-14)10-17-18-15(19)12-4-6-13(16)7-5-12/h2-10H,1H3,(H,18,19). The van der Waals surface area contributed by atoms with Crippen LogP contribution in [-0.2, 0) is 0 Å². The molecule has 0 saturated heterocycles. The van der Waals surface area contributed by atoms with E-state index in [2.05, 4.69) is 26.5 Å². The van der Waals surface area contributed by atoms with Crippen LogP contribution in [0.25, 0.3) is 0 Å². The number of benzene rings is 2. The van der Waals surface area contributed by atoms with Gasteiger partial charge in [0, 0.05) is 14.9 Å². The lowest BCUT2D eigenvalue weighted by Crippen LogP contribution is -2.17. The Bertz CT molecular complexity index is 609. The number of carbonyl (C=O) groups is 1. The van der Waals surface area contributed by atoms with Crippen molar-refractivity contribution in [3.05, 3.63) is 64.1 Å². The van der Waals surface area contributed by atoms with Crippen molar-refractivity contribution in [3.8, 4) is 0 Å². The normalized spacial score (nSPS) is 10.7. The van der Waals surface area contributed by atoms with Gasteiger partial charge >= 0.3 is 0 Å². The third kappa shape index (κ3) is 4.21. The highest BCUT2D eigenvalue weighted by molar-refractivity contribution is 9.10. The molecule has 0 radical (unpaired) electrons. The molecule has 0 aliphatic carbocycles. The monoisotopic (exact) mass is 348 g/mol. The maximum absolute atomic E-state index is 11.8. The molecule has 0 fully saturated rings. The van der Waals surface area contributed by atoms with Crippen LogP contribution >= 0.6 is 27.7 Å². The number of thioether (sulfide) groups is 1. The lowest BCUT2D eigenvalue weighted by molar-refractivity contribution is 0.0955. The van der Waals surface area contributed by atoms with Crippen molar-refractivity contribution < 1.29 is 4.79 Å². The fraction of sp³-hybridized carbons (Fsp3) is 0.0667. The van der Waals surface area contributed by atoms with Gasteiger partial charge in [0.25, 0.3) is 5.91 Å². The van der Waals surface area contributed by atoms with Crippen LogP contribution in [0, 0.1) is 0 Å². The van der Waals surface area contributed by atoms with Crippen LogP contribution in [0.15, 0.2) is 63.0 Å². The lowest BCUT2D eigenvalue weighted by atomic mass is 10.2. The predicted octanol–water partition coefficient (Wildman–Crippen LogP) is 3.93. The molecule has 0 aliphatic rings. The zero-order valence-corrected chi connectivity index (χ0v) is 13.2. The molecule has 2 rings (SSSR count). The van der Waals surface area contributed by atoms with Crippen molar-refractivity contribution in [3.63, 3.8) is 0 Å². The summed E-state index contributed by atoms with van der Waals surface area (Å²) >= 11 is 5.01. The third-order valence-electron chi connectivity index (χ3n) is 2.60. The van der Waals surface area contributed by atoms with Gasteiger partial charge < -0.3 is 0 Å². The van der Waals surface area contributed by atoms with Crippen molar-refractivity contribution >= 4 is 39.8 Å². The summed E-state index contributed by atoms with van der Waals surface area (Å²) in [4.78, 5) is 13.0. The molecule has 0 atom stereocenters. The maximum Gasteiger partial charge on any atom is 0.271 e. The van der Waals surface area contributed by atoms with Gasteiger partial charge in [-0.15, -0.1) is 11.8 Å². The van der Waals surface area contributed by atoms with E-state index in [0.29, 0.717) is 5.56 Å². The van der Waals surface area contributed by atoms with Crippen LogP contribution in [0.2, 0.25) is 0 Å². The molecule has 1 amide bonds. The average molecular weight is 349 g/mol. The van der Waals surface area contributed by atoms with E-state index in [1.807, 2.05) is 42.7 Å². The highest BCUT2D eigenvalue weighted by Gasteiger charge is 2.02. The second kappa shape index (κ2) is 7.26. The van der Waals surface area contributed by atoms with E-state index >= 15 is 0 Å². The number of halogens is 1. The van der Waals surface area contributed by atoms with Crippen LogP contribution in [0.5, 0.6) is 0 Å². The topological polar surface area (TPSA) is 41.5 Å². The first-order chi connectivity index (χ1) is 9.69. The lowest BCUT2D eigenvalue weighted by Gasteiger charge is -2.00. The minimum atomic E-state index is -0.227. The third-order valence-corrected chi connectivity index (χ3v) is 3.87. The molecule has 0 aliphatic heterocycles. The fourth-order valence-corrected chi connectivity index (χ4v) is 2.19. The van der Waals surface area contributed by atoms with Gasteiger partial charge in [0.15, 0.2) is 0 Å². The van der Waals surface area contributed by atoms with Crippen LogP contribution in [0.3, 0.4) is 0 Å². The van der Waals surface area contributed by atoms with Crippen molar-refractivity contribution in [2.75, 3.05) is 6.26 Å². The smallest absolute Gasteiger partial charge is 0.267 e. The largest absolute Gasteiger partial charge is 0.271 e. The first-order valence-electron chi connectivity index (χ1n) is 5.92. The van der Waals surface area contributed by atoms with Gasteiger partial charge in [0.1, 0.15) is 0 Å². The SMILES string of the molecule is CSc1ccc(C=NNC(=O)c2ccc(Br)cc2)cc1. The summed E-state index contributed by atoms with van der Waals surface area (Å²) in [6.45, 7) is 0. The molecule has 102 valence electrons. The van der Waals surface area contributed by atoms with Gasteiger partial charge in [0.05, 0.1) is 6.21 Å². The van der Waals surface area contributed by atoms with Crippen LogP contribution in [0.1, 0.15) is 15.9 Å². The molecule has 3 nitrogen and oxygen atoms in total. The van der Waals surface area contributed by atoms with Gasteiger partial charge in [-0.2, -0.15) is 5.10 Å². The molecule has 20 heavy (non-hydrogen) atoms. The van der Waals surface area contributed by atoms with E-state index in [9.17, 15) is 4.79 Å². The van der Waals surface area contributed by atoms with Crippen LogP contribution < -0.4 is 5.43 Å². The van der Waals surface area contributed by atoms with E-state index in [0.717, 1.165) is 10.0 Å². The molecule has 5 heteroatoms. The molecule has 2 aromatic rings. The summed E-state index contributed by atoms with van der Waals surface area (Å²) in [5, 5.41) is 3.95. The summed E-state index contributed by atoms with van der Waals surface area (Å²) in [7, 11) is 0. The molecule has 0 bridgehead atoms. The number of nitrogens with one attached hydrogen (secondary N) is 1. The molecule has 0 saturated carbocycles. The van der Waals surface area contributed by atoms with Gasteiger partial charge in [-0.3, -0.25) is 4.79 Å². The van der Waals surface area contributed by atoms with Gasteiger partial charge in [-0.05, 0) is 48.2 Å². The minimum Gasteiger partial charge on any atom is -0.267 e. The van der Waals surface area contributed by atoms with Crippen molar-refractivity contribution in [2.45, 2.75) is 4.90 Å². The summed E-state index contributed by atoms with van der Waals surface area (Å²) in [6.07, 6.45) is 3.66. The number of hydrogen-bond acceptors (Lipinski definition) is 3. The Balaban J connectivity index is 1.95. The number of carbonyl (C=O) groups excluding carboxylic acids is 1. The average Bonchev–Trinajstić information content (AvgIpc) is 2.48. The Kier molecular flexibility index (Phi) is 5.38. The highest BCUT2D eigenvalue weighted by Crippen LogP contribution is 2.14. The van der Waals surface area contributed by atoms with Crippen molar-refractivity contribution in [1.29, 1.82) is 0 Å². The Hall–Kier alpha value is -1.59. The number of rotatable bonds is 4. The van der Waals surface area contributed by atoms with E-state index in [-0.39, 0.29) is 5.91 Å². The Labute approximate surface area is 130 Å². The molecule has 1 N–H and O–H groups in total. The summed E-state index contributed by atoms with van der Waals surface area (Å²) < 4.78 is 0.937.